The molecule has 1 aliphatic heterocycles. The lowest BCUT2D eigenvalue weighted by Gasteiger charge is -2.27. The molecule has 8 heteroatoms. The molecule has 7 nitrogen and oxygen atoms in total. The first-order valence-electron chi connectivity index (χ1n) is 10.7. The molecule has 0 N–H and O–H groups in total. The minimum atomic E-state index is -3.91. The molecule has 2 aromatic carbocycles. The molecule has 0 aliphatic carbocycles. The number of Topliss-reactive ketones (excluding diaryl/α,β-unsaturated/α-hetero) is 1. The Hall–Kier alpha value is -3.39. The van der Waals surface area contributed by atoms with Gasteiger partial charge >= 0.3 is 0 Å². The Balaban J connectivity index is 1.52. The van der Waals surface area contributed by atoms with E-state index in [-0.39, 0.29) is 5.75 Å². The number of carbonyl (C=O) groups is 2. The van der Waals surface area contributed by atoms with Gasteiger partial charge in [0.2, 0.25) is 10.0 Å². The number of ether oxygens (including phenoxy) is 1. The predicted molar refractivity (Wildman–Crippen MR) is 125 cm³/mol. The molecule has 33 heavy (non-hydrogen) atoms. The first kappa shape index (κ1) is 22.8. The van der Waals surface area contributed by atoms with Crippen LogP contribution in [-0.4, -0.2) is 42.6 Å². The number of fused-ring (bicyclic) bond motifs is 1. The van der Waals surface area contributed by atoms with Gasteiger partial charge in [0.1, 0.15) is 12.3 Å². The van der Waals surface area contributed by atoms with Crippen molar-refractivity contribution >= 4 is 21.7 Å². The molecule has 0 bridgehead atoms. The number of hydrogen-bond donors (Lipinski definition) is 0. The van der Waals surface area contributed by atoms with Gasteiger partial charge < -0.3 is 9.30 Å². The summed E-state index contributed by atoms with van der Waals surface area (Å²) in [6.45, 7) is 3.93. The average Bonchev–Trinajstić information content (AvgIpc) is 3.08. The fourth-order valence-electron chi connectivity index (χ4n) is 4.24. The van der Waals surface area contributed by atoms with E-state index in [2.05, 4.69) is 0 Å². The molecular weight excluding hydrogens is 440 g/mol. The number of aromatic nitrogens is 1. The summed E-state index contributed by atoms with van der Waals surface area (Å²) in [5.74, 6) is -0.540. The summed E-state index contributed by atoms with van der Waals surface area (Å²) >= 11 is 0. The highest BCUT2D eigenvalue weighted by Crippen LogP contribution is 2.26. The second-order valence-corrected chi connectivity index (χ2v) is 10.1. The molecule has 4 rings (SSSR count). The Bertz CT molecular complexity index is 1320. The lowest BCUT2D eigenvalue weighted by atomic mass is 10.1. The summed E-state index contributed by atoms with van der Waals surface area (Å²) in [6.07, 6.45) is 0.768. The Morgan fingerprint density at radius 3 is 2.45 bits per heavy atom. The second kappa shape index (κ2) is 8.86. The first-order valence-corrected chi connectivity index (χ1v) is 12.3. The summed E-state index contributed by atoms with van der Waals surface area (Å²) in [5, 5.41) is 0. The zero-order valence-electron chi connectivity index (χ0n) is 18.9. The molecule has 0 spiro atoms. The van der Waals surface area contributed by atoms with Crippen LogP contribution in [0.2, 0.25) is 0 Å². The van der Waals surface area contributed by atoms with Crippen molar-refractivity contribution in [3.05, 3.63) is 88.2 Å². The van der Waals surface area contributed by atoms with Crippen LogP contribution in [0.5, 0.6) is 5.75 Å². The number of rotatable bonds is 7. The normalized spacial score (nSPS) is 14.8. The lowest BCUT2D eigenvalue weighted by Crippen LogP contribution is -2.44. The first-order chi connectivity index (χ1) is 15.7. The van der Waals surface area contributed by atoms with E-state index in [4.69, 9.17) is 4.74 Å². The molecule has 0 saturated heterocycles. The van der Waals surface area contributed by atoms with Gasteiger partial charge in [0.05, 0.1) is 12.9 Å². The third-order valence-corrected chi connectivity index (χ3v) is 7.73. The Kier molecular flexibility index (Phi) is 6.12. The number of ketones is 1. The van der Waals surface area contributed by atoms with Crippen LogP contribution in [0.1, 0.15) is 43.2 Å². The van der Waals surface area contributed by atoms with E-state index >= 15 is 0 Å². The number of nitrogens with zero attached hydrogens (tertiary/aromatic N) is 2. The van der Waals surface area contributed by atoms with Crippen molar-refractivity contribution in [1.29, 1.82) is 0 Å². The van der Waals surface area contributed by atoms with Crippen molar-refractivity contribution in [2.45, 2.75) is 32.6 Å². The molecule has 3 aromatic rings. The molecule has 0 radical (unpaired) electrons. The number of aryl methyl sites for hydroxylation is 2. The van der Waals surface area contributed by atoms with Crippen molar-refractivity contribution in [2.24, 2.45) is 0 Å². The Morgan fingerprint density at radius 1 is 1.06 bits per heavy atom. The van der Waals surface area contributed by atoms with Gasteiger partial charge in [-0.1, -0.05) is 30.3 Å². The number of benzene rings is 2. The quantitative estimate of drug-likeness (QED) is 0.498. The molecule has 0 unspecified atom stereocenters. The number of amides is 1. The number of sulfonamides is 1. The van der Waals surface area contributed by atoms with Crippen molar-refractivity contribution < 1.29 is 22.7 Å². The van der Waals surface area contributed by atoms with Crippen molar-refractivity contribution in [2.75, 3.05) is 13.7 Å². The monoisotopic (exact) mass is 466 g/mol. The number of carbonyl (C=O) groups excluding carboxylic acids is 2. The Morgan fingerprint density at radius 2 is 1.76 bits per heavy atom. The summed E-state index contributed by atoms with van der Waals surface area (Å²) in [4.78, 5) is 25.9. The average molecular weight is 467 g/mol. The van der Waals surface area contributed by atoms with Gasteiger partial charge in [-0.3, -0.25) is 9.59 Å². The molecular formula is C25H26N2O5S. The maximum absolute atomic E-state index is 13.1. The van der Waals surface area contributed by atoms with Gasteiger partial charge in [0, 0.05) is 29.1 Å². The van der Waals surface area contributed by atoms with Crippen LogP contribution in [0.3, 0.4) is 0 Å². The van der Waals surface area contributed by atoms with Gasteiger partial charge in [0.15, 0.2) is 5.78 Å². The van der Waals surface area contributed by atoms with Crippen molar-refractivity contribution in [1.82, 2.24) is 8.87 Å². The SMILES string of the molecule is COc1ccc(CCn2c(C)cc(C(=O)CN3C(=O)c4ccccc4CS3(=O)=O)c2C)cc1. The van der Waals surface area contributed by atoms with E-state index in [9.17, 15) is 18.0 Å². The third kappa shape index (κ3) is 4.43. The highest BCUT2D eigenvalue weighted by molar-refractivity contribution is 7.89. The van der Waals surface area contributed by atoms with Crippen LogP contribution in [0.4, 0.5) is 0 Å². The highest BCUT2D eigenvalue weighted by atomic mass is 32.2. The van der Waals surface area contributed by atoms with Crippen LogP contribution in [0, 0.1) is 13.8 Å². The smallest absolute Gasteiger partial charge is 0.268 e. The molecule has 2 heterocycles. The molecule has 0 atom stereocenters. The molecule has 1 aliphatic rings. The van der Waals surface area contributed by atoms with Crippen molar-refractivity contribution in [3.8, 4) is 5.75 Å². The topological polar surface area (TPSA) is 85.7 Å². The van der Waals surface area contributed by atoms with Crippen LogP contribution < -0.4 is 4.74 Å². The van der Waals surface area contributed by atoms with Crippen LogP contribution in [0.25, 0.3) is 0 Å². The molecule has 172 valence electrons. The van der Waals surface area contributed by atoms with Crippen molar-refractivity contribution in [3.63, 3.8) is 0 Å². The van der Waals surface area contributed by atoms with E-state index in [1.807, 2.05) is 42.7 Å². The number of methoxy groups -OCH3 is 1. The molecule has 1 amide bonds. The molecule has 0 fully saturated rings. The Labute approximate surface area is 193 Å². The summed E-state index contributed by atoms with van der Waals surface area (Å²) in [6, 6.07) is 16.2. The maximum atomic E-state index is 13.1. The van der Waals surface area contributed by atoms with Crippen LogP contribution in [0.15, 0.2) is 54.6 Å². The van der Waals surface area contributed by atoms with E-state index in [1.54, 1.807) is 37.4 Å². The fraction of sp³-hybridized carbons (Fsp3) is 0.280. The largest absolute Gasteiger partial charge is 0.497 e. The van der Waals surface area contributed by atoms with Crippen LogP contribution >= 0.6 is 0 Å². The fourth-order valence-corrected chi connectivity index (χ4v) is 5.70. The summed E-state index contributed by atoms with van der Waals surface area (Å²) < 4.78 is 33.4. The van der Waals surface area contributed by atoms with Gasteiger partial charge in [0.25, 0.3) is 5.91 Å². The highest BCUT2D eigenvalue weighted by Gasteiger charge is 2.37. The van der Waals surface area contributed by atoms with Crippen LogP contribution in [-0.2, 0) is 28.7 Å². The lowest BCUT2D eigenvalue weighted by molar-refractivity contribution is 0.0806. The zero-order chi connectivity index (χ0) is 23.8. The minimum absolute atomic E-state index is 0.289. The van der Waals surface area contributed by atoms with E-state index < -0.39 is 28.3 Å². The number of hydrogen-bond acceptors (Lipinski definition) is 5. The third-order valence-electron chi connectivity index (χ3n) is 6.09. The second-order valence-electron chi connectivity index (χ2n) is 8.18. The zero-order valence-corrected chi connectivity index (χ0v) is 19.7. The summed E-state index contributed by atoms with van der Waals surface area (Å²) in [5.41, 5.74) is 4.02. The standard InChI is InChI=1S/C25H26N2O5S/c1-17-14-23(18(2)26(17)13-12-19-8-10-21(32-3)11-9-19)24(28)15-27-25(29)22-7-5-4-6-20(22)16-33(27,30)31/h4-11,14H,12-13,15-16H2,1-3H3. The van der Waals surface area contributed by atoms with Gasteiger partial charge in [-0.2, -0.15) is 0 Å². The van der Waals surface area contributed by atoms with E-state index in [0.29, 0.717) is 27.5 Å². The van der Waals surface area contributed by atoms with Gasteiger partial charge in [-0.15, -0.1) is 0 Å². The minimum Gasteiger partial charge on any atom is -0.497 e. The maximum Gasteiger partial charge on any atom is 0.268 e. The van der Waals surface area contributed by atoms with Gasteiger partial charge in [-0.05, 0) is 55.7 Å². The van der Waals surface area contributed by atoms with Gasteiger partial charge in [-0.25, -0.2) is 12.7 Å². The molecule has 0 saturated carbocycles. The summed E-state index contributed by atoms with van der Waals surface area (Å²) in [7, 11) is -2.28. The molecule has 1 aromatic heterocycles. The van der Waals surface area contributed by atoms with E-state index in [0.717, 1.165) is 29.1 Å². The van der Waals surface area contributed by atoms with E-state index in [1.165, 1.54) is 0 Å². The predicted octanol–water partition coefficient (Wildman–Crippen LogP) is 3.52.